The van der Waals surface area contributed by atoms with Gasteiger partial charge in [-0.2, -0.15) is 0 Å². The van der Waals surface area contributed by atoms with E-state index in [0.29, 0.717) is 19.0 Å². The Balaban J connectivity index is 1.75. The lowest BCUT2D eigenvalue weighted by Crippen LogP contribution is -2.37. The molecule has 6 heteroatoms. The Morgan fingerprint density at radius 1 is 1.42 bits per heavy atom. The summed E-state index contributed by atoms with van der Waals surface area (Å²) in [5.74, 6) is 0.185. The number of piperidine rings is 1. The fraction of sp³-hybridized carbons (Fsp3) is 0.615. The fourth-order valence-corrected chi connectivity index (χ4v) is 3.36. The maximum absolute atomic E-state index is 11.9. The van der Waals surface area contributed by atoms with Crippen molar-refractivity contribution >= 4 is 10.0 Å². The summed E-state index contributed by atoms with van der Waals surface area (Å²) in [7, 11) is -3.20. The molecule has 19 heavy (non-hydrogen) atoms. The highest BCUT2D eigenvalue weighted by molar-refractivity contribution is 7.89. The van der Waals surface area contributed by atoms with E-state index in [1.54, 1.807) is 18.5 Å². The lowest BCUT2D eigenvalue weighted by Gasteiger charge is -2.23. The second-order valence-electron chi connectivity index (χ2n) is 4.94. The van der Waals surface area contributed by atoms with Gasteiger partial charge in [0.1, 0.15) is 0 Å². The van der Waals surface area contributed by atoms with Crippen molar-refractivity contribution in [3.8, 4) is 0 Å². The van der Waals surface area contributed by atoms with Crippen LogP contribution < -0.4 is 10.0 Å². The predicted molar refractivity (Wildman–Crippen MR) is 75.1 cm³/mol. The molecule has 1 fully saturated rings. The zero-order valence-corrected chi connectivity index (χ0v) is 11.8. The van der Waals surface area contributed by atoms with Gasteiger partial charge in [0.05, 0.1) is 5.75 Å². The average molecular weight is 283 g/mol. The van der Waals surface area contributed by atoms with E-state index in [1.165, 1.54) is 12.8 Å². The number of sulfonamides is 1. The minimum Gasteiger partial charge on any atom is -0.314 e. The second-order valence-corrected chi connectivity index (χ2v) is 6.86. The molecule has 0 aliphatic carbocycles. The molecule has 106 valence electrons. The highest BCUT2D eigenvalue weighted by atomic mass is 32.2. The SMILES string of the molecule is O=S(=O)(CCC1CCCCN1)NCc1cccnc1. The van der Waals surface area contributed by atoms with Gasteiger partial charge < -0.3 is 5.32 Å². The van der Waals surface area contributed by atoms with E-state index in [2.05, 4.69) is 15.0 Å². The lowest BCUT2D eigenvalue weighted by molar-refractivity contribution is 0.392. The van der Waals surface area contributed by atoms with E-state index in [-0.39, 0.29) is 5.75 Å². The van der Waals surface area contributed by atoms with Gasteiger partial charge in [0, 0.05) is 25.0 Å². The van der Waals surface area contributed by atoms with Crippen molar-refractivity contribution in [3.05, 3.63) is 30.1 Å². The third-order valence-corrected chi connectivity index (χ3v) is 4.72. The predicted octanol–water partition coefficient (Wildman–Crippen LogP) is 1.03. The maximum Gasteiger partial charge on any atom is 0.211 e. The molecule has 1 saturated heterocycles. The van der Waals surface area contributed by atoms with Gasteiger partial charge in [-0.05, 0) is 37.4 Å². The van der Waals surface area contributed by atoms with Crippen LogP contribution in [-0.4, -0.2) is 31.7 Å². The summed E-state index contributed by atoms with van der Waals surface area (Å²) in [5.41, 5.74) is 0.877. The monoisotopic (exact) mass is 283 g/mol. The number of rotatable bonds is 6. The van der Waals surface area contributed by atoms with Crippen LogP contribution in [0.15, 0.2) is 24.5 Å². The molecule has 0 radical (unpaired) electrons. The number of hydrogen-bond acceptors (Lipinski definition) is 4. The number of pyridine rings is 1. The molecule has 1 aliphatic heterocycles. The van der Waals surface area contributed by atoms with Crippen molar-refractivity contribution in [2.75, 3.05) is 12.3 Å². The Hall–Kier alpha value is -0.980. The Bertz CT molecular complexity index is 470. The quantitative estimate of drug-likeness (QED) is 0.818. The van der Waals surface area contributed by atoms with Crippen LogP contribution in [0, 0.1) is 0 Å². The van der Waals surface area contributed by atoms with Gasteiger partial charge >= 0.3 is 0 Å². The smallest absolute Gasteiger partial charge is 0.211 e. The number of hydrogen-bond donors (Lipinski definition) is 2. The van der Waals surface area contributed by atoms with Crippen molar-refractivity contribution in [2.45, 2.75) is 38.3 Å². The van der Waals surface area contributed by atoms with Gasteiger partial charge in [0.2, 0.25) is 10.0 Å². The van der Waals surface area contributed by atoms with Gasteiger partial charge in [0.15, 0.2) is 0 Å². The first-order chi connectivity index (χ1) is 9.16. The number of aromatic nitrogens is 1. The molecule has 1 aromatic rings. The van der Waals surface area contributed by atoms with E-state index in [9.17, 15) is 8.42 Å². The molecule has 0 bridgehead atoms. The molecule has 1 atom stereocenters. The molecule has 0 spiro atoms. The highest BCUT2D eigenvalue weighted by Crippen LogP contribution is 2.10. The van der Waals surface area contributed by atoms with Gasteiger partial charge in [0.25, 0.3) is 0 Å². The largest absolute Gasteiger partial charge is 0.314 e. The third-order valence-electron chi connectivity index (χ3n) is 3.37. The molecular weight excluding hydrogens is 262 g/mol. The number of nitrogens with zero attached hydrogens (tertiary/aromatic N) is 1. The number of nitrogens with one attached hydrogen (secondary N) is 2. The summed E-state index contributed by atoms with van der Waals surface area (Å²) in [6, 6.07) is 4.01. The van der Waals surface area contributed by atoms with Crippen LogP contribution in [0.25, 0.3) is 0 Å². The van der Waals surface area contributed by atoms with Gasteiger partial charge in [-0.1, -0.05) is 12.5 Å². The summed E-state index contributed by atoms with van der Waals surface area (Å²) < 4.78 is 26.4. The second kappa shape index (κ2) is 6.98. The van der Waals surface area contributed by atoms with Crippen molar-refractivity contribution in [2.24, 2.45) is 0 Å². The molecule has 1 unspecified atom stereocenters. The fourth-order valence-electron chi connectivity index (χ4n) is 2.24. The molecular formula is C13H21N3O2S. The molecule has 5 nitrogen and oxygen atoms in total. The molecule has 0 saturated carbocycles. The third kappa shape index (κ3) is 5.26. The first-order valence-corrected chi connectivity index (χ1v) is 8.40. The maximum atomic E-state index is 11.9. The van der Waals surface area contributed by atoms with Crippen LogP contribution in [0.1, 0.15) is 31.2 Å². The first kappa shape index (κ1) is 14.4. The normalized spacial score (nSPS) is 20.3. The highest BCUT2D eigenvalue weighted by Gasteiger charge is 2.17. The molecule has 2 N–H and O–H groups in total. The van der Waals surface area contributed by atoms with E-state index in [0.717, 1.165) is 18.5 Å². The average Bonchev–Trinajstić information content (AvgIpc) is 2.46. The zero-order chi connectivity index (χ0) is 13.6. The zero-order valence-electron chi connectivity index (χ0n) is 11.0. The van der Waals surface area contributed by atoms with Gasteiger partial charge in [-0.15, -0.1) is 0 Å². The minimum atomic E-state index is -3.20. The first-order valence-electron chi connectivity index (χ1n) is 6.75. The summed E-state index contributed by atoms with van der Waals surface area (Å²) in [4.78, 5) is 3.96. The lowest BCUT2D eigenvalue weighted by atomic mass is 10.0. The molecule has 2 heterocycles. The summed E-state index contributed by atoms with van der Waals surface area (Å²) in [6.07, 6.45) is 7.50. The molecule has 0 amide bonds. The van der Waals surface area contributed by atoms with E-state index < -0.39 is 10.0 Å². The van der Waals surface area contributed by atoms with E-state index in [4.69, 9.17) is 0 Å². The van der Waals surface area contributed by atoms with Crippen LogP contribution in [0.2, 0.25) is 0 Å². The van der Waals surface area contributed by atoms with Crippen molar-refractivity contribution < 1.29 is 8.42 Å². The van der Waals surface area contributed by atoms with Gasteiger partial charge in [-0.3, -0.25) is 4.98 Å². The van der Waals surface area contributed by atoms with Crippen LogP contribution in [0.5, 0.6) is 0 Å². The van der Waals surface area contributed by atoms with Crippen molar-refractivity contribution in [3.63, 3.8) is 0 Å². The van der Waals surface area contributed by atoms with E-state index in [1.807, 2.05) is 6.07 Å². The standard InChI is InChI=1S/C13H21N3O2S/c17-19(18,9-6-13-5-1-2-8-15-13)16-11-12-4-3-7-14-10-12/h3-4,7,10,13,15-16H,1-2,5-6,8-9,11H2. The Morgan fingerprint density at radius 2 is 2.32 bits per heavy atom. The van der Waals surface area contributed by atoms with Crippen LogP contribution >= 0.6 is 0 Å². The Kier molecular flexibility index (Phi) is 5.30. The Morgan fingerprint density at radius 3 is 3.00 bits per heavy atom. The molecule has 2 rings (SSSR count). The van der Waals surface area contributed by atoms with Crippen LogP contribution in [-0.2, 0) is 16.6 Å². The van der Waals surface area contributed by atoms with Gasteiger partial charge in [-0.25, -0.2) is 13.1 Å². The van der Waals surface area contributed by atoms with E-state index >= 15 is 0 Å². The van der Waals surface area contributed by atoms with Crippen molar-refractivity contribution in [1.29, 1.82) is 0 Å². The summed E-state index contributed by atoms with van der Waals surface area (Å²) in [5, 5.41) is 3.36. The van der Waals surface area contributed by atoms with Crippen molar-refractivity contribution in [1.82, 2.24) is 15.0 Å². The molecule has 1 aromatic heterocycles. The van der Waals surface area contributed by atoms with Crippen LogP contribution in [0.3, 0.4) is 0 Å². The summed E-state index contributed by atoms with van der Waals surface area (Å²) in [6.45, 7) is 1.32. The molecule has 0 aromatic carbocycles. The molecule has 1 aliphatic rings. The Labute approximate surface area is 114 Å². The summed E-state index contributed by atoms with van der Waals surface area (Å²) >= 11 is 0. The minimum absolute atomic E-state index is 0.185. The topological polar surface area (TPSA) is 71.1 Å². The van der Waals surface area contributed by atoms with Crippen LogP contribution in [0.4, 0.5) is 0 Å².